The van der Waals surface area contributed by atoms with Crippen LogP contribution in [0.1, 0.15) is 48.2 Å². The number of hydrogen-bond donors (Lipinski definition) is 5. The fourth-order valence-electron chi connectivity index (χ4n) is 5.28. The average Bonchev–Trinajstić information content (AvgIpc) is 3.69. The minimum Gasteiger partial charge on any atom is -0.387 e. The van der Waals surface area contributed by atoms with Crippen molar-refractivity contribution in [1.82, 2.24) is 19.7 Å². The average molecular weight is 630 g/mol. The highest BCUT2D eigenvalue weighted by Gasteiger charge is 2.22. The van der Waals surface area contributed by atoms with Gasteiger partial charge in [0.1, 0.15) is 18.3 Å². The molecule has 3 heterocycles. The van der Waals surface area contributed by atoms with Crippen LogP contribution in [-0.2, 0) is 22.6 Å². The molecule has 0 unspecified atom stereocenters. The second-order valence-electron chi connectivity index (χ2n) is 11.2. The fraction of sp³-hybridized carbons (Fsp3) is 0.216. The molecule has 2 aromatic carbocycles. The number of aliphatic hydroxyl groups excluding tert-OH is 1. The van der Waals surface area contributed by atoms with E-state index in [0.29, 0.717) is 17.9 Å². The molecule has 0 aliphatic carbocycles. The van der Waals surface area contributed by atoms with E-state index >= 15 is 0 Å². The zero-order valence-corrected chi connectivity index (χ0v) is 26.4. The number of amidine groups is 1. The minimum absolute atomic E-state index is 0.255. The van der Waals surface area contributed by atoms with Crippen molar-refractivity contribution < 1.29 is 14.7 Å². The maximum Gasteiger partial charge on any atom is 0.250 e. The van der Waals surface area contributed by atoms with Gasteiger partial charge in [0.05, 0.1) is 17.9 Å². The largest absolute Gasteiger partial charge is 0.387 e. The first-order valence-corrected chi connectivity index (χ1v) is 15.5. The summed E-state index contributed by atoms with van der Waals surface area (Å²) in [5.41, 5.74) is 7.25. The van der Waals surface area contributed by atoms with Crippen molar-refractivity contribution in [2.75, 3.05) is 24.3 Å². The summed E-state index contributed by atoms with van der Waals surface area (Å²) in [4.78, 5) is 33.8. The molecule has 0 atom stereocenters. The Bertz CT molecular complexity index is 1830. The molecule has 5 rings (SSSR count). The summed E-state index contributed by atoms with van der Waals surface area (Å²) in [6, 6.07) is 19.2. The number of aromatic amines is 2. The number of allylic oxidation sites excluding steroid dienone is 1. The second-order valence-corrected chi connectivity index (χ2v) is 11.2. The highest BCUT2D eigenvalue weighted by molar-refractivity contribution is 6.01. The molecule has 5 N–H and O–H groups in total. The van der Waals surface area contributed by atoms with E-state index in [9.17, 15) is 9.59 Å². The molecule has 0 saturated carbocycles. The Morgan fingerprint density at radius 1 is 1.00 bits per heavy atom. The highest BCUT2D eigenvalue weighted by atomic mass is 16.3. The topological polar surface area (TPSA) is 131 Å². The first kappa shape index (κ1) is 32.6. The monoisotopic (exact) mass is 629 g/mol. The number of rotatable bonds is 14. The normalized spacial score (nSPS) is 14.3. The Balaban J connectivity index is 1.37. The lowest BCUT2D eigenvalue weighted by atomic mass is 10.00. The number of carbonyl (C=O) groups is 2. The maximum absolute atomic E-state index is 11.7. The summed E-state index contributed by atoms with van der Waals surface area (Å²) in [6.45, 7) is 3.37. The molecule has 47 heavy (non-hydrogen) atoms. The number of nitrogens with one attached hydrogen (secondary N) is 4. The molecule has 0 saturated heterocycles. The van der Waals surface area contributed by atoms with Crippen LogP contribution in [0.15, 0.2) is 102 Å². The summed E-state index contributed by atoms with van der Waals surface area (Å²) >= 11 is 0. The lowest BCUT2D eigenvalue weighted by molar-refractivity contribution is -0.118. The number of terminal acetylenes is 1. The number of H-pyrrole nitrogens is 2. The third-order valence-corrected chi connectivity index (χ3v) is 7.80. The van der Waals surface area contributed by atoms with Crippen LogP contribution < -0.4 is 10.6 Å². The van der Waals surface area contributed by atoms with E-state index in [1.54, 1.807) is 0 Å². The van der Waals surface area contributed by atoms with Crippen LogP contribution in [0.25, 0.3) is 11.4 Å². The number of anilines is 2. The molecular weight excluding hydrogens is 590 g/mol. The van der Waals surface area contributed by atoms with Crippen LogP contribution in [0.2, 0.25) is 0 Å². The van der Waals surface area contributed by atoms with Gasteiger partial charge < -0.3 is 25.6 Å². The zero-order chi connectivity index (χ0) is 33.2. The lowest BCUT2D eigenvalue weighted by Gasteiger charge is -2.20. The van der Waals surface area contributed by atoms with Crippen molar-refractivity contribution in [3.63, 3.8) is 0 Å². The Kier molecular flexibility index (Phi) is 10.7. The lowest BCUT2D eigenvalue weighted by Crippen LogP contribution is -2.20. The predicted octanol–water partition coefficient (Wildman–Crippen LogP) is 5.78. The van der Waals surface area contributed by atoms with Crippen molar-refractivity contribution in [2.45, 2.75) is 38.6 Å². The number of benzene rings is 2. The molecule has 0 radical (unpaired) electrons. The molecule has 0 fully saturated rings. The Labute approximate surface area is 274 Å². The molecule has 0 spiro atoms. The molecular formula is C37H39N7O3. The van der Waals surface area contributed by atoms with Crippen LogP contribution in [-0.4, -0.2) is 56.1 Å². The summed E-state index contributed by atoms with van der Waals surface area (Å²) in [7, 11) is 1.98. The maximum atomic E-state index is 11.7. The highest BCUT2D eigenvalue weighted by Crippen LogP contribution is 2.33. The van der Waals surface area contributed by atoms with Gasteiger partial charge in [0, 0.05) is 42.3 Å². The van der Waals surface area contributed by atoms with E-state index in [2.05, 4.69) is 50.4 Å². The number of amides is 2. The van der Waals surface area contributed by atoms with Gasteiger partial charge >= 0.3 is 0 Å². The molecule has 240 valence electrons. The second kappa shape index (κ2) is 15.5. The number of unbranched alkanes of at least 4 members (excludes halogenated alkanes) is 3. The Hall–Kier alpha value is -5.79. The molecule has 10 nitrogen and oxygen atoms in total. The molecule has 2 aromatic heterocycles. The predicted molar refractivity (Wildman–Crippen MR) is 187 cm³/mol. The number of aryl methyl sites for hydroxylation is 1. The number of likely N-dealkylation sites (N-methyl/N-ethyl adjacent to an activating group) is 1. The van der Waals surface area contributed by atoms with Gasteiger partial charge in [-0.1, -0.05) is 37.3 Å². The van der Waals surface area contributed by atoms with Gasteiger partial charge in [0.15, 0.2) is 0 Å². The molecule has 10 heteroatoms. The standard InChI is InChI=1S/C37H39N7O3/c1-4-6-7-8-9-10-30-24-44(42-30)34-21-19-31(41-34)37(27-13-17-29(18-14-27)40-36(47)25-45)32-20-22-33(43(32)3)38-23-26-11-15-28(16-12-26)39-35(46)5-2/h1,5,11-22,24,41-42,45H,2,6-10,23,25H2,3H3,(H,39,46)(H,40,47). The number of nitrogens with zero attached hydrogens (tertiary/aromatic N) is 3. The van der Waals surface area contributed by atoms with Crippen molar-refractivity contribution in [3.05, 3.63) is 120 Å². The number of aromatic nitrogens is 3. The third kappa shape index (κ3) is 8.28. The number of hydrogen-bond acceptors (Lipinski definition) is 4. The van der Waals surface area contributed by atoms with Crippen molar-refractivity contribution in [2.24, 2.45) is 4.99 Å². The van der Waals surface area contributed by atoms with Gasteiger partial charge in [-0.25, -0.2) is 4.68 Å². The summed E-state index contributed by atoms with van der Waals surface area (Å²) < 4.78 is 1.98. The van der Waals surface area contributed by atoms with Gasteiger partial charge in [0.25, 0.3) is 0 Å². The first-order chi connectivity index (χ1) is 22.9. The molecule has 4 aromatic rings. The van der Waals surface area contributed by atoms with Crippen molar-refractivity contribution in [3.8, 4) is 18.2 Å². The van der Waals surface area contributed by atoms with Crippen LogP contribution in [0.5, 0.6) is 0 Å². The van der Waals surface area contributed by atoms with E-state index in [1.165, 1.54) is 11.8 Å². The summed E-state index contributed by atoms with van der Waals surface area (Å²) in [6.07, 6.45) is 17.8. The van der Waals surface area contributed by atoms with E-state index in [-0.39, 0.29) is 5.91 Å². The van der Waals surface area contributed by atoms with E-state index in [1.807, 2.05) is 78.5 Å². The Morgan fingerprint density at radius 2 is 1.72 bits per heavy atom. The van der Waals surface area contributed by atoms with E-state index in [4.69, 9.17) is 16.5 Å². The van der Waals surface area contributed by atoms with E-state index < -0.39 is 12.5 Å². The van der Waals surface area contributed by atoms with Gasteiger partial charge in [-0.05, 0) is 85.0 Å². The zero-order valence-electron chi connectivity index (χ0n) is 26.4. The number of aliphatic hydroxyl groups is 1. The fourth-order valence-corrected chi connectivity index (χ4v) is 5.28. The number of carbonyl (C=O) groups excluding carboxylic acids is 2. The molecule has 2 amide bonds. The van der Waals surface area contributed by atoms with Crippen molar-refractivity contribution >= 4 is 34.6 Å². The van der Waals surface area contributed by atoms with Crippen LogP contribution in [0, 0.1) is 12.3 Å². The van der Waals surface area contributed by atoms with E-state index in [0.717, 1.165) is 71.8 Å². The molecule has 1 aliphatic heterocycles. The first-order valence-electron chi connectivity index (χ1n) is 15.5. The number of aliphatic imine (C=N–C) groups is 1. The van der Waals surface area contributed by atoms with Gasteiger partial charge in [-0.3, -0.25) is 19.7 Å². The van der Waals surface area contributed by atoms with Crippen molar-refractivity contribution in [1.29, 1.82) is 0 Å². The van der Waals surface area contributed by atoms with Gasteiger partial charge in [0.2, 0.25) is 11.8 Å². The van der Waals surface area contributed by atoms with Crippen LogP contribution >= 0.6 is 0 Å². The van der Waals surface area contributed by atoms with Crippen LogP contribution in [0.4, 0.5) is 11.4 Å². The molecule has 0 bridgehead atoms. The smallest absolute Gasteiger partial charge is 0.250 e. The minimum atomic E-state index is -0.581. The summed E-state index contributed by atoms with van der Waals surface area (Å²) in [5.74, 6) is 3.69. The molecule has 1 aliphatic rings. The third-order valence-electron chi connectivity index (χ3n) is 7.80. The Morgan fingerprint density at radius 3 is 2.43 bits per heavy atom. The van der Waals surface area contributed by atoms with Gasteiger partial charge in [-0.2, -0.15) is 0 Å². The quantitative estimate of drug-likeness (QED) is 0.0687. The SMILES string of the molecule is C#CCCCCCc1cn(-c2ccc(C(=C3C=CC(=NCc4ccc(NC(=O)C=C)cc4)N3C)c3ccc(NC(=O)CO)cc3)[nH]2)[nH]1. The van der Waals surface area contributed by atoms with Gasteiger partial charge in [-0.15, -0.1) is 12.3 Å². The summed E-state index contributed by atoms with van der Waals surface area (Å²) in [5, 5.41) is 18.0. The van der Waals surface area contributed by atoms with Crippen LogP contribution in [0.3, 0.4) is 0 Å².